The van der Waals surface area contributed by atoms with Crippen LogP contribution in [0.2, 0.25) is 0 Å². The summed E-state index contributed by atoms with van der Waals surface area (Å²) in [5.41, 5.74) is 0. The fraction of sp³-hybridized carbons (Fsp3) is 0.768. The van der Waals surface area contributed by atoms with Crippen LogP contribution in [0.4, 0.5) is 0 Å². The Morgan fingerprint density at radius 2 is 0.954 bits per heavy atom. The number of hydrogen-bond acceptors (Lipinski definition) is 8. The number of nitrogens with one attached hydrogen (secondary N) is 1. The highest BCUT2D eigenvalue weighted by Crippen LogP contribution is 2.23. The third kappa shape index (κ3) is 35.4. The van der Waals surface area contributed by atoms with Gasteiger partial charge in [-0.1, -0.05) is 222 Å². The molecule has 0 radical (unpaired) electrons. The summed E-state index contributed by atoms with van der Waals surface area (Å²) in [5, 5.41) is 54.6. The molecule has 0 spiro atoms. The molecule has 0 bridgehead atoms. The van der Waals surface area contributed by atoms with Gasteiger partial charge in [0.2, 0.25) is 5.91 Å². The van der Waals surface area contributed by atoms with Gasteiger partial charge in [-0.15, -0.1) is 0 Å². The summed E-state index contributed by atoms with van der Waals surface area (Å²) in [6.07, 6.45) is 54.9. The molecule has 1 aliphatic heterocycles. The lowest BCUT2D eigenvalue weighted by atomic mass is 9.99. The highest BCUT2D eigenvalue weighted by molar-refractivity contribution is 5.76. The average molecular weight is 914 g/mol. The van der Waals surface area contributed by atoms with Crippen molar-refractivity contribution < 1.29 is 39.8 Å². The van der Waals surface area contributed by atoms with E-state index in [1.165, 1.54) is 116 Å². The van der Waals surface area contributed by atoms with Crippen LogP contribution in [0.25, 0.3) is 0 Å². The van der Waals surface area contributed by atoms with Crippen molar-refractivity contribution in [2.24, 2.45) is 0 Å². The number of rotatable bonds is 44. The molecule has 1 heterocycles. The zero-order chi connectivity index (χ0) is 47.3. The second-order valence-electron chi connectivity index (χ2n) is 18.3. The lowest BCUT2D eigenvalue weighted by Crippen LogP contribution is -2.60. The van der Waals surface area contributed by atoms with Crippen LogP contribution in [0.1, 0.15) is 219 Å². The lowest BCUT2D eigenvalue weighted by Gasteiger charge is -2.40. The first kappa shape index (κ1) is 60.6. The van der Waals surface area contributed by atoms with Crippen LogP contribution in [-0.4, -0.2) is 87.5 Å². The molecule has 1 amide bonds. The quantitative estimate of drug-likeness (QED) is 0.0261. The van der Waals surface area contributed by atoms with E-state index in [4.69, 9.17) is 9.47 Å². The average Bonchev–Trinajstić information content (AvgIpc) is 3.31. The SMILES string of the molecule is CC/C=C\C/C=C\C/C=C\C/C=C\C/C=C\C/C=C\CCCCC(=O)NC(COC1OC(CO)C(O)C(O)C1O)C(O)CCCCCCCCCCCCCCCCCCCCCCC. The number of carbonyl (C=O) groups is 1. The molecule has 0 aromatic carbocycles. The first-order valence-electron chi connectivity index (χ1n) is 26.6. The van der Waals surface area contributed by atoms with E-state index in [0.29, 0.717) is 19.3 Å². The number of ether oxygens (including phenoxy) is 2. The van der Waals surface area contributed by atoms with E-state index in [1.807, 2.05) is 0 Å². The number of unbranched alkanes of at least 4 members (excludes halogenated alkanes) is 22. The Morgan fingerprint density at radius 1 is 0.538 bits per heavy atom. The second kappa shape index (κ2) is 45.4. The predicted molar refractivity (Wildman–Crippen MR) is 272 cm³/mol. The van der Waals surface area contributed by atoms with E-state index in [9.17, 15) is 30.3 Å². The largest absolute Gasteiger partial charge is 0.394 e. The number of amides is 1. The van der Waals surface area contributed by atoms with Crippen LogP contribution < -0.4 is 5.32 Å². The molecule has 376 valence electrons. The van der Waals surface area contributed by atoms with Crippen molar-refractivity contribution in [3.05, 3.63) is 72.9 Å². The van der Waals surface area contributed by atoms with E-state index in [1.54, 1.807) is 0 Å². The number of aliphatic hydroxyl groups excluding tert-OH is 5. The molecule has 0 aromatic heterocycles. The molecule has 1 saturated heterocycles. The minimum Gasteiger partial charge on any atom is -0.394 e. The van der Waals surface area contributed by atoms with Gasteiger partial charge in [0, 0.05) is 6.42 Å². The Kier molecular flexibility index (Phi) is 42.4. The smallest absolute Gasteiger partial charge is 0.220 e. The molecule has 9 heteroatoms. The molecule has 7 atom stereocenters. The monoisotopic (exact) mass is 914 g/mol. The molecule has 65 heavy (non-hydrogen) atoms. The van der Waals surface area contributed by atoms with Gasteiger partial charge in [0.1, 0.15) is 24.4 Å². The van der Waals surface area contributed by atoms with Gasteiger partial charge in [0.25, 0.3) is 0 Å². The van der Waals surface area contributed by atoms with Crippen LogP contribution in [-0.2, 0) is 14.3 Å². The van der Waals surface area contributed by atoms with Crippen LogP contribution in [0.15, 0.2) is 72.9 Å². The third-order valence-electron chi connectivity index (χ3n) is 12.3. The van der Waals surface area contributed by atoms with Gasteiger partial charge in [-0.25, -0.2) is 0 Å². The van der Waals surface area contributed by atoms with Crippen molar-refractivity contribution in [1.82, 2.24) is 5.32 Å². The van der Waals surface area contributed by atoms with Crippen LogP contribution in [0.5, 0.6) is 0 Å². The number of carbonyl (C=O) groups excluding carboxylic acids is 1. The Labute approximate surface area is 398 Å². The zero-order valence-corrected chi connectivity index (χ0v) is 41.5. The first-order chi connectivity index (χ1) is 31.8. The maximum atomic E-state index is 13.0. The van der Waals surface area contributed by atoms with E-state index in [2.05, 4.69) is 92.1 Å². The van der Waals surface area contributed by atoms with Gasteiger partial charge in [0.15, 0.2) is 6.29 Å². The molecule has 0 aliphatic carbocycles. The molecular formula is C56H99NO8. The summed E-state index contributed by atoms with van der Waals surface area (Å²) in [6.45, 7) is 3.70. The molecular weight excluding hydrogens is 815 g/mol. The Balaban J connectivity index is 2.30. The van der Waals surface area contributed by atoms with Crippen molar-refractivity contribution in [3.8, 4) is 0 Å². The summed E-state index contributed by atoms with van der Waals surface area (Å²) in [4.78, 5) is 13.0. The van der Waals surface area contributed by atoms with E-state index >= 15 is 0 Å². The van der Waals surface area contributed by atoms with Crippen molar-refractivity contribution in [3.63, 3.8) is 0 Å². The summed E-state index contributed by atoms with van der Waals surface area (Å²) in [7, 11) is 0. The van der Waals surface area contributed by atoms with E-state index in [0.717, 1.165) is 70.6 Å². The highest BCUT2D eigenvalue weighted by Gasteiger charge is 2.44. The Bertz CT molecular complexity index is 1240. The van der Waals surface area contributed by atoms with Gasteiger partial charge in [-0.3, -0.25) is 4.79 Å². The van der Waals surface area contributed by atoms with E-state index in [-0.39, 0.29) is 12.5 Å². The number of hydrogen-bond donors (Lipinski definition) is 6. The lowest BCUT2D eigenvalue weighted by molar-refractivity contribution is -0.302. The van der Waals surface area contributed by atoms with Gasteiger partial charge in [0.05, 0.1) is 25.4 Å². The standard InChI is InChI=1S/C56H99NO8/c1-3-5-7-9-11-13-15-17-19-21-23-25-27-29-31-33-35-37-39-41-43-45-50(59)49(48-64-56-55(63)54(62)53(61)51(47-58)65-56)57-52(60)46-44-42-40-38-36-34-32-30-28-26-24-22-20-18-16-14-12-10-8-6-4-2/h6,8,12,14,18,20,24,26,30,32,36,38,49-51,53-56,58-59,61-63H,3-5,7,9-11,13,15-17,19,21-23,25,27-29,31,33-35,37,39-48H2,1-2H3,(H,57,60)/b8-6-,14-12-,20-18-,26-24-,32-30-,38-36-. The van der Waals surface area contributed by atoms with E-state index < -0.39 is 49.5 Å². The zero-order valence-electron chi connectivity index (χ0n) is 41.5. The fourth-order valence-electron chi connectivity index (χ4n) is 8.11. The second-order valence-corrected chi connectivity index (χ2v) is 18.3. The van der Waals surface area contributed by atoms with Gasteiger partial charge < -0.3 is 40.3 Å². The highest BCUT2D eigenvalue weighted by atomic mass is 16.7. The fourth-order valence-corrected chi connectivity index (χ4v) is 8.11. The molecule has 1 rings (SSSR count). The van der Waals surface area contributed by atoms with Crippen molar-refractivity contribution in [2.45, 2.75) is 262 Å². The van der Waals surface area contributed by atoms with Gasteiger partial charge in [-0.05, 0) is 64.2 Å². The molecule has 9 nitrogen and oxygen atoms in total. The van der Waals surface area contributed by atoms with Crippen LogP contribution in [0, 0.1) is 0 Å². The predicted octanol–water partition coefficient (Wildman–Crippen LogP) is 12.5. The van der Waals surface area contributed by atoms with Crippen molar-refractivity contribution in [2.75, 3.05) is 13.2 Å². The minimum absolute atomic E-state index is 0.159. The number of allylic oxidation sites excluding steroid dienone is 12. The van der Waals surface area contributed by atoms with Gasteiger partial charge >= 0.3 is 0 Å². The van der Waals surface area contributed by atoms with Gasteiger partial charge in [-0.2, -0.15) is 0 Å². The molecule has 0 saturated carbocycles. The molecule has 6 N–H and O–H groups in total. The van der Waals surface area contributed by atoms with Crippen molar-refractivity contribution in [1.29, 1.82) is 0 Å². The number of aliphatic hydroxyl groups is 5. The molecule has 7 unspecified atom stereocenters. The topological polar surface area (TPSA) is 149 Å². The minimum atomic E-state index is -1.57. The Morgan fingerprint density at radius 3 is 1.38 bits per heavy atom. The summed E-state index contributed by atoms with van der Waals surface area (Å²) in [5.74, 6) is -0.187. The summed E-state index contributed by atoms with van der Waals surface area (Å²) >= 11 is 0. The summed E-state index contributed by atoms with van der Waals surface area (Å²) < 4.78 is 11.3. The van der Waals surface area contributed by atoms with Crippen molar-refractivity contribution >= 4 is 5.91 Å². The molecule has 1 fully saturated rings. The first-order valence-corrected chi connectivity index (χ1v) is 26.6. The molecule has 1 aliphatic rings. The maximum absolute atomic E-state index is 13.0. The maximum Gasteiger partial charge on any atom is 0.220 e. The van der Waals surface area contributed by atoms with Crippen LogP contribution in [0.3, 0.4) is 0 Å². The molecule has 0 aromatic rings. The normalized spacial score (nSPS) is 20.5. The third-order valence-corrected chi connectivity index (χ3v) is 12.3. The van der Waals surface area contributed by atoms with Crippen LogP contribution >= 0.6 is 0 Å². The Hall–Kier alpha value is -2.37. The summed E-state index contributed by atoms with van der Waals surface area (Å²) in [6, 6.07) is -0.747.